The van der Waals surface area contributed by atoms with Gasteiger partial charge in [-0.05, 0) is 66.4 Å². The van der Waals surface area contributed by atoms with Crippen LogP contribution < -0.4 is 5.32 Å². The van der Waals surface area contributed by atoms with Crippen molar-refractivity contribution in [3.8, 4) is 17.1 Å². The second-order valence-corrected chi connectivity index (χ2v) is 9.95. The van der Waals surface area contributed by atoms with Gasteiger partial charge >= 0.3 is 0 Å². The maximum Gasteiger partial charge on any atom is 0.234 e. The molecule has 174 valence electrons. The summed E-state index contributed by atoms with van der Waals surface area (Å²) in [5.41, 5.74) is 4.66. The Morgan fingerprint density at radius 3 is 2.47 bits per heavy atom. The topological polar surface area (TPSA) is 59.8 Å². The molecule has 1 N–H and O–H groups in total. The lowest BCUT2D eigenvalue weighted by molar-refractivity contribution is -0.113. The SMILES string of the molecule is Cc1ccc(NC(=O)CSc2nnc(-c3ccc(Cl)cc3)n2-c2ccccc2C(C)C)cc1Cl. The van der Waals surface area contributed by atoms with Crippen LogP contribution in [0.3, 0.4) is 0 Å². The number of amides is 1. The minimum Gasteiger partial charge on any atom is -0.325 e. The van der Waals surface area contributed by atoms with Crippen molar-refractivity contribution >= 4 is 46.6 Å². The minimum atomic E-state index is -0.148. The van der Waals surface area contributed by atoms with Crippen LogP contribution in [0.4, 0.5) is 5.69 Å². The van der Waals surface area contributed by atoms with Gasteiger partial charge in [-0.15, -0.1) is 10.2 Å². The van der Waals surface area contributed by atoms with Crippen LogP contribution in [-0.2, 0) is 4.79 Å². The fourth-order valence-electron chi connectivity index (χ4n) is 3.54. The largest absolute Gasteiger partial charge is 0.325 e. The van der Waals surface area contributed by atoms with Crippen LogP contribution in [0.1, 0.15) is 30.9 Å². The summed E-state index contributed by atoms with van der Waals surface area (Å²) in [6.07, 6.45) is 0. The highest BCUT2D eigenvalue weighted by Crippen LogP contribution is 2.32. The van der Waals surface area contributed by atoms with Crippen molar-refractivity contribution in [2.75, 3.05) is 11.1 Å². The highest BCUT2D eigenvalue weighted by atomic mass is 35.5. The molecule has 1 aromatic heterocycles. The van der Waals surface area contributed by atoms with Crippen molar-refractivity contribution < 1.29 is 4.79 Å². The standard InChI is InChI=1S/C26H24Cl2N4OS/c1-16(2)21-6-4-5-7-23(21)32-25(18-9-11-19(27)12-10-18)30-31-26(32)34-15-24(33)29-20-13-8-17(3)22(28)14-20/h4-14,16H,15H2,1-3H3,(H,29,33). The number of hydrogen-bond donors (Lipinski definition) is 1. The molecule has 4 aromatic rings. The lowest BCUT2D eigenvalue weighted by atomic mass is 10.0. The van der Waals surface area contributed by atoms with Gasteiger partial charge < -0.3 is 5.32 Å². The maximum atomic E-state index is 12.7. The molecule has 0 spiro atoms. The maximum absolute atomic E-state index is 12.7. The number of anilines is 1. The van der Waals surface area contributed by atoms with Gasteiger partial charge in [-0.25, -0.2) is 0 Å². The predicted octanol–water partition coefficient (Wildman–Crippen LogP) is 7.40. The second kappa shape index (κ2) is 10.6. The molecule has 0 bridgehead atoms. The first-order valence-corrected chi connectivity index (χ1v) is 12.6. The molecule has 0 atom stereocenters. The fourth-order valence-corrected chi connectivity index (χ4v) is 4.60. The number of nitrogens with one attached hydrogen (secondary N) is 1. The van der Waals surface area contributed by atoms with Crippen LogP contribution in [0.2, 0.25) is 10.0 Å². The lowest BCUT2D eigenvalue weighted by Gasteiger charge is -2.17. The van der Waals surface area contributed by atoms with Crippen LogP contribution in [0.25, 0.3) is 17.1 Å². The van der Waals surface area contributed by atoms with Crippen molar-refractivity contribution in [1.82, 2.24) is 14.8 Å². The molecular formula is C26H24Cl2N4OS. The quantitative estimate of drug-likeness (QED) is 0.263. The summed E-state index contributed by atoms with van der Waals surface area (Å²) in [7, 11) is 0. The number of aryl methyl sites for hydroxylation is 1. The van der Waals surface area contributed by atoms with Gasteiger partial charge in [-0.2, -0.15) is 0 Å². The summed E-state index contributed by atoms with van der Waals surface area (Å²) in [6, 6.07) is 21.1. The number of carbonyl (C=O) groups is 1. The van der Waals surface area contributed by atoms with Gasteiger partial charge in [0.05, 0.1) is 11.4 Å². The molecule has 0 unspecified atom stereocenters. The van der Waals surface area contributed by atoms with Gasteiger partial charge in [0.25, 0.3) is 0 Å². The van der Waals surface area contributed by atoms with E-state index < -0.39 is 0 Å². The number of para-hydroxylation sites is 1. The van der Waals surface area contributed by atoms with Crippen LogP contribution in [0, 0.1) is 6.92 Å². The van der Waals surface area contributed by atoms with E-state index in [4.69, 9.17) is 23.2 Å². The summed E-state index contributed by atoms with van der Waals surface area (Å²) in [5, 5.41) is 13.7. The molecule has 4 rings (SSSR count). The van der Waals surface area contributed by atoms with Gasteiger partial charge in [0.2, 0.25) is 5.91 Å². The number of benzene rings is 3. The zero-order valence-electron chi connectivity index (χ0n) is 19.0. The average molecular weight is 511 g/mol. The number of rotatable bonds is 7. The summed E-state index contributed by atoms with van der Waals surface area (Å²) < 4.78 is 2.01. The summed E-state index contributed by atoms with van der Waals surface area (Å²) in [4.78, 5) is 12.7. The van der Waals surface area contributed by atoms with Crippen molar-refractivity contribution in [3.05, 3.63) is 87.9 Å². The Labute approximate surface area is 213 Å². The van der Waals surface area contributed by atoms with Crippen molar-refractivity contribution in [2.24, 2.45) is 0 Å². The molecule has 0 saturated heterocycles. The van der Waals surface area contributed by atoms with Crippen LogP contribution in [0.5, 0.6) is 0 Å². The van der Waals surface area contributed by atoms with Crippen molar-refractivity contribution in [2.45, 2.75) is 31.8 Å². The van der Waals surface area contributed by atoms with Crippen molar-refractivity contribution in [3.63, 3.8) is 0 Å². The molecule has 0 radical (unpaired) electrons. The number of hydrogen-bond acceptors (Lipinski definition) is 4. The molecule has 0 saturated carbocycles. The fraction of sp³-hybridized carbons (Fsp3) is 0.192. The van der Waals surface area contributed by atoms with E-state index in [1.54, 1.807) is 6.07 Å². The highest BCUT2D eigenvalue weighted by Gasteiger charge is 2.20. The number of thioether (sulfide) groups is 1. The van der Waals surface area contributed by atoms with E-state index in [2.05, 4.69) is 41.5 Å². The van der Waals surface area contributed by atoms with E-state index in [-0.39, 0.29) is 11.7 Å². The Hall–Kier alpha value is -2.80. The monoisotopic (exact) mass is 510 g/mol. The van der Waals surface area contributed by atoms with E-state index in [9.17, 15) is 4.79 Å². The molecule has 0 aliphatic carbocycles. The smallest absolute Gasteiger partial charge is 0.234 e. The Morgan fingerprint density at radius 1 is 1.03 bits per heavy atom. The Kier molecular flexibility index (Phi) is 7.61. The van der Waals surface area contributed by atoms with Crippen LogP contribution in [-0.4, -0.2) is 26.4 Å². The first-order chi connectivity index (χ1) is 16.3. The van der Waals surface area contributed by atoms with Gasteiger partial charge in [0.15, 0.2) is 11.0 Å². The zero-order chi connectivity index (χ0) is 24.2. The summed E-state index contributed by atoms with van der Waals surface area (Å²) in [6.45, 7) is 6.22. The number of carbonyl (C=O) groups excluding carboxylic acids is 1. The molecule has 0 aliphatic rings. The molecule has 1 heterocycles. The first-order valence-electron chi connectivity index (χ1n) is 10.8. The Balaban J connectivity index is 1.65. The molecule has 0 fully saturated rings. The molecule has 3 aromatic carbocycles. The van der Waals surface area contributed by atoms with E-state index >= 15 is 0 Å². The third-order valence-corrected chi connectivity index (χ3v) is 6.91. The van der Waals surface area contributed by atoms with Crippen LogP contribution in [0.15, 0.2) is 71.9 Å². The van der Waals surface area contributed by atoms with E-state index in [1.807, 2.05) is 60.0 Å². The normalized spacial score (nSPS) is 11.1. The molecule has 8 heteroatoms. The number of nitrogens with zero attached hydrogens (tertiary/aromatic N) is 3. The number of halogens is 2. The second-order valence-electron chi connectivity index (χ2n) is 8.16. The summed E-state index contributed by atoms with van der Waals surface area (Å²) in [5.74, 6) is 1.01. The summed E-state index contributed by atoms with van der Waals surface area (Å²) >= 11 is 13.6. The first kappa shape index (κ1) is 24.3. The van der Waals surface area contributed by atoms with Gasteiger partial charge in [0, 0.05) is 21.3 Å². The molecule has 1 amide bonds. The van der Waals surface area contributed by atoms with Gasteiger partial charge in [-0.3, -0.25) is 9.36 Å². The van der Waals surface area contributed by atoms with E-state index in [0.29, 0.717) is 32.6 Å². The van der Waals surface area contributed by atoms with Gasteiger partial charge in [0.1, 0.15) is 0 Å². The number of aromatic nitrogens is 3. The molecular weight excluding hydrogens is 487 g/mol. The lowest BCUT2D eigenvalue weighted by Crippen LogP contribution is -2.14. The molecule has 5 nitrogen and oxygen atoms in total. The third kappa shape index (κ3) is 5.46. The van der Waals surface area contributed by atoms with Gasteiger partial charge in [-0.1, -0.05) is 73.1 Å². The minimum absolute atomic E-state index is 0.148. The Bertz CT molecular complexity index is 1320. The van der Waals surface area contributed by atoms with Crippen LogP contribution >= 0.6 is 35.0 Å². The zero-order valence-corrected chi connectivity index (χ0v) is 21.4. The highest BCUT2D eigenvalue weighted by molar-refractivity contribution is 7.99. The third-order valence-electron chi connectivity index (χ3n) is 5.32. The van der Waals surface area contributed by atoms with E-state index in [1.165, 1.54) is 11.8 Å². The molecule has 34 heavy (non-hydrogen) atoms. The Morgan fingerprint density at radius 2 is 1.76 bits per heavy atom. The average Bonchev–Trinajstić information content (AvgIpc) is 3.24. The molecule has 0 aliphatic heterocycles. The predicted molar refractivity (Wildman–Crippen MR) is 141 cm³/mol. The van der Waals surface area contributed by atoms with Crippen molar-refractivity contribution in [1.29, 1.82) is 0 Å². The van der Waals surface area contributed by atoms with E-state index in [0.717, 1.165) is 22.4 Å².